The van der Waals surface area contributed by atoms with Gasteiger partial charge in [0.05, 0.1) is 12.2 Å². The molecule has 1 saturated heterocycles. The van der Waals surface area contributed by atoms with E-state index in [4.69, 9.17) is 4.98 Å². The van der Waals surface area contributed by atoms with Gasteiger partial charge < -0.3 is 5.32 Å². The van der Waals surface area contributed by atoms with Crippen LogP contribution in [0.4, 0.5) is 0 Å². The van der Waals surface area contributed by atoms with Gasteiger partial charge in [-0.05, 0) is 39.2 Å². The summed E-state index contributed by atoms with van der Waals surface area (Å²) in [7, 11) is 0. The Morgan fingerprint density at radius 3 is 2.76 bits per heavy atom. The second kappa shape index (κ2) is 6.76. The molecule has 1 N–H and O–H groups in total. The van der Waals surface area contributed by atoms with Crippen LogP contribution in [-0.2, 0) is 13.1 Å². The Morgan fingerprint density at radius 1 is 1.29 bits per heavy atom. The average molecular weight is 308 g/mol. The van der Waals surface area contributed by atoms with Crippen LogP contribution in [0.5, 0.6) is 0 Å². The average Bonchev–Trinajstić information content (AvgIpc) is 3.21. The maximum atomic E-state index is 5.02. The van der Waals surface area contributed by atoms with Gasteiger partial charge in [-0.1, -0.05) is 20.3 Å². The van der Waals surface area contributed by atoms with E-state index in [1.807, 2.05) is 11.3 Å². The lowest BCUT2D eigenvalue weighted by Gasteiger charge is -2.32. The monoisotopic (exact) mass is 307 g/mol. The topological polar surface area (TPSA) is 28.2 Å². The number of aromatic nitrogens is 1. The van der Waals surface area contributed by atoms with Crippen molar-refractivity contribution < 1.29 is 0 Å². The van der Waals surface area contributed by atoms with Crippen LogP contribution in [0, 0.1) is 0 Å². The van der Waals surface area contributed by atoms with Crippen molar-refractivity contribution in [1.29, 1.82) is 0 Å². The van der Waals surface area contributed by atoms with Gasteiger partial charge in [0.2, 0.25) is 0 Å². The minimum atomic E-state index is 0.546. The van der Waals surface area contributed by atoms with Crippen LogP contribution in [-0.4, -0.2) is 28.5 Å². The molecule has 3 rings (SSSR count). The van der Waals surface area contributed by atoms with Crippen LogP contribution in [0.25, 0.3) is 0 Å². The lowest BCUT2D eigenvalue weighted by molar-refractivity contribution is 0.152. The van der Waals surface area contributed by atoms with E-state index in [-0.39, 0.29) is 0 Å². The summed E-state index contributed by atoms with van der Waals surface area (Å²) in [6, 6.07) is 1.27. The summed E-state index contributed by atoms with van der Waals surface area (Å²) in [4.78, 5) is 9.13. The molecule has 2 aliphatic rings. The summed E-state index contributed by atoms with van der Waals surface area (Å²) in [5.74, 6) is 0.762. The molecule has 1 aromatic heterocycles. The number of hydrogen-bond donors (Lipinski definition) is 1. The van der Waals surface area contributed by atoms with Crippen molar-refractivity contribution in [1.82, 2.24) is 15.2 Å². The van der Waals surface area contributed by atoms with Gasteiger partial charge in [-0.3, -0.25) is 4.90 Å². The molecular formula is C17H29N3S. The first-order valence-electron chi connectivity index (χ1n) is 8.59. The molecule has 1 aliphatic carbocycles. The molecule has 0 aromatic carbocycles. The van der Waals surface area contributed by atoms with Crippen LogP contribution >= 0.6 is 11.3 Å². The predicted octanol–water partition coefficient (Wildman–Crippen LogP) is 3.89. The van der Waals surface area contributed by atoms with Gasteiger partial charge in [0.25, 0.3) is 0 Å². The molecule has 1 saturated carbocycles. The lowest BCUT2D eigenvalue weighted by Crippen LogP contribution is -2.36. The summed E-state index contributed by atoms with van der Waals surface area (Å²) in [5, 5.41) is 4.91. The number of nitrogens with one attached hydrogen (secondary N) is 1. The molecule has 0 bridgehead atoms. The van der Waals surface area contributed by atoms with E-state index in [1.54, 1.807) is 0 Å². The Kier molecular flexibility index (Phi) is 4.97. The maximum Gasteiger partial charge on any atom is 0.107 e. The molecule has 0 amide bonds. The van der Waals surface area contributed by atoms with Crippen LogP contribution in [0.3, 0.4) is 0 Å². The molecule has 1 atom stereocenters. The van der Waals surface area contributed by atoms with Gasteiger partial charge in [0.1, 0.15) is 5.01 Å². The molecule has 3 nitrogen and oxygen atoms in total. The molecule has 1 unspecified atom stereocenters. The number of hydrogen-bond acceptors (Lipinski definition) is 4. The predicted molar refractivity (Wildman–Crippen MR) is 89.8 cm³/mol. The van der Waals surface area contributed by atoms with Crippen molar-refractivity contribution in [2.45, 2.75) is 84.0 Å². The molecule has 4 heteroatoms. The molecule has 21 heavy (non-hydrogen) atoms. The normalized spacial score (nSPS) is 23.9. The standard InChI is InChI=1S/C17H29N3S/c1-12(2)18-10-15-17(14-7-8-14)19-16(21-15)11-20-9-5-4-6-13(20)3/h12-14,18H,4-11H2,1-3H3. The van der Waals surface area contributed by atoms with Crippen molar-refractivity contribution in [3.63, 3.8) is 0 Å². The third-order valence-electron chi connectivity index (χ3n) is 4.69. The third-order valence-corrected chi connectivity index (χ3v) is 5.74. The van der Waals surface area contributed by atoms with Gasteiger partial charge in [0, 0.05) is 29.4 Å². The van der Waals surface area contributed by atoms with Gasteiger partial charge in [-0.2, -0.15) is 0 Å². The first kappa shape index (κ1) is 15.4. The highest BCUT2D eigenvalue weighted by atomic mass is 32.1. The Bertz CT molecular complexity index is 465. The molecule has 0 spiro atoms. The van der Waals surface area contributed by atoms with Crippen molar-refractivity contribution in [3.8, 4) is 0 Å². The van der Waals surface area contributed by atoms with E-state index in [2.05, 4.69) is 31.0 Å². The number of piperidine rings is 1. The highest BCUT2D eigenvalue weighted by Crippen LogP contribution is 2.43. The Hall–Kier alpha value is -0.450. The molecule has 2 fully saturated rings. The Balaban J connectivity index is 1.68. The summed E-state index contributed by atoms with van der Waals surface area (Å²) >= 11 is 1.95. The van der Waals surface area contributed by atoms with Crippen molar-refractivity contribution in [2.75, 3.05) is 6.54 Å². The quantitative estimate of drug-likeness (QED) is 0.864. The van der Waals surface area contributed by atoms with Crippen LogP contribution in [0.1, 0.15) is 74.4 Å². The molecule has 1 aliphatic heterocycles. The zero-order valence-electron chi connectivity index (χ0n) is 13.7. The molecule has 2 heterocycles. The van der Waals surface area contributed by atoms with Crippen molar-refractivity contribution in [2.24, 2.45) is 0 Å². The first-order valence-corrected chi connectivity index (χ1v) is 9.41. The van der Waals surface area contributed by atoms with Crippen molar-refractivity contribution in [3.05, 3.63) is 15.6 Å². The van der Waals surface area contributed by atoms with Gasteiger partial charge in [-0.25, -0.2) is 4.98 Å². The minimum Gasteiger partial charge on any atom is -0.310 e. The van der Waals surface area contributed by atoms with Gasteiger partial charge in [-0.15, -0.1) is 11.3 Å². The Morgan fingerprint density at radius 2 is 2.10 bits per heavy atom. The van der Waals surface area contributed by atoms with E-state index in [1.165, 1.54) is 54.2 Å². The first-order chi connectivity index (χ1) is 10.1. The van der Waals surface area contributed by atoms with Crippen LogP contribution < -0.4 is 5.32 Å². The van der Waals surface area contributed by atoms with Gasteiger partial charge >= 0.3 is 0 Å². The highest BCUT2D eigenvalue weighted by molar-refractivity contribution is 7.11. The van der Waals surface area contributed by atoms with E-state index in [0.717, 1.165) is 25.0 Å². The summed E-state index contributed by atoms with van der Waals surface area (Å²) in [6.07, 6.45) is 6.79. The number of likely N-dealkylation sites (tertiary alicyclic amines) is 1. The van der Waals surface area contributed by atoms with Crippen LogP contribution in [0.15, 0.2) is 0 Å². The summed E-state index contributed by atoms with van der Waals surface area (Å²) in [5.41, 5.74) is 1.41. The number of nitrogens with zero attached hydrogens (tertiary/aromatic N) is 2. The fourth-order valence-electron chi connectivity index (χ4n) is 3.15. The minimum absolute atomic E-state index is 0.546. The SMILES string of the molecule is CC(C)NCc1sc(CN2CCCCC2C)nc1C1CC1. The zero-order valence-corrected chi connectivity index (χ0v) is 14.5. The van der Waals surface area contributed by atoms with E-state index < -0.39 is 0 Å². The molecular weight excluding hydrogens is 278 g/mol. The Labute approximate surface area is 133 Å². The molecule has 118 valence electrons. The second-order valence-electron chi connectivity index (χ2n) is 7.04. The lowest BCUT2D eigenvalue weighted by atomic mass is 10.0. The second-order valence-corrected chi connectivity index (χ2v) is 8.21. The van der Waals surface area contributed by atoms with Crippen LogP contribution in [0.2, 0.25) is 0 Å². The largest absolute Gasteiger partial charge is 0.310 e. The maximum absolute atomic E-state index is 5.02. The number of rotatable bonds is 6. The highest BCUT2D eigenvalue weighted by Gasteiger charge is 2.30. The summed E-state index contributed by atoms with van der Waals surface area (Å²) in [6.45, 7) is 10.1. The third kappa shape index (κ3) is 4.05. The fourth-order valence-corrected chi connectivity index (χ4v) is 4.28. The van der Waals surface area contributed by atoms with E-state index in [9.17, 15) is 0 Å². The molecule has 1 aromatic rings. The fraction of sp³-hybridized carbons (Fsp3) is 0.824. The molecule has 0 radical (unpaired) electrons. The van der Waals surface area contributed by atoms with Crippen molar-refractivity contribution >= 4 is 11.3 Å². The van der Waals surface area contributed by atoms with Gasteiger partial charge in [0.15, 0.2) is 0 Å². The zero-order chi connectivity index (χ0) is 14.8. The summed E-state index contributed by atoms with van der Waals surface area (Å²) < 4.78 is 0. The number of thiazole rings is 1. The smallest absolute Gasteiger partial charge is 0.107 e. The van der Waals surface area contributed by atoms with E-state index >= 15 is 0 Å². The van der Waals surface area contributed by atoms with E-state index in [0.29, 0.717) is 6.04 Å².